The average Bonchev–Trinajstić information content (AvgIpc) is 2.58. The van der Waals surface area contributed by atoms with Gasteiger partial charge < -0.3 is 14.8 Å². The summed E-state index contributed by atoms with van der Waals surface area (Å²) in [6.45, 7) is 1.94. The van der Waals surface area contributed by atoms with Crippen LogP contribution in [-0.4, -0.2) is 20.0 Å². The summed E-state index contributed by atoms with van der Waals surface area (Å²) in [6, 6.07) is 12.7. The number of para-hydroxylation sites is 1. The van der Waals surface area contributed by atoms with Crippen molar-refractivity contribution in [2.45, 2.75) is 13.5 Å². The van der Waals surface area contributed by atoms with Gasteiger partial charge in [0.15, 0.2) is 17.3 Å². The lowest BCUT2D eigenvalue weighted by Gasteiger charge is -2.14. The summed E-state index contributed by atoms with van der Waals surface area (Å²) in [5.41, 5.74) is 2.55. The molecule has 0 atom stereocenters. The average molecular weight is 310 g/mol. The molecule has 0 aromatic heterocycles. The number of Topliss-reactive ketones (excluding diaryl/α,β-unsaturated/α-hetero) is 1. The van der Waals surface area contributed by atoms with Gasteiger partial charge in [0.05, 0.1) is 25.5 Å². The van der Waals surface area contributed by atoms with Crippen LogP contribution in [0, 0.1) is 11.3 Å². The molecule has 0 saturated carbocycles. The highest BCUT2D eigenvalue weighted by atomic mass is 16.5. The van der Waals surface area contributed by atoms with Crippen LogP contribution in [0.15, 0.2) is 36.4 Å². The molecule has 0 radical (unpaired) electrons. The summed E-state index contributed by atoms with van der Waals surface area (Å²) in [6.07, 6.45) is 0. The van der Waals surface area contributed by atoms with Gasteiger partial charge in [-0.15, -0.1) is 0 Å². The molecule has 0 amide bonds. The predicted octanol–water partition coefficient (Wildman–Crippen LogP) is 3.39. The van der Waals surface area contributed by atoms with Crippen LogP contribution < -0.4 is 14.8 Å². The van der Waals surface area contributed by atoms with Crippen molar-refractivity contribution < 1.29 is 14.3 Å². The third-order valence-corrected chi connectivity index (χ3v) is 3.50. The normalized spacial score (nSPS) is 9.83. The molecule has 0 heterocycles. The third-order valence-electron chi connectivity index (χ3n) is 3.50. The molecule has 0 aliphatic rings. The highest BCUT2D eigenvalue weighted by molar-refractivity contribution is 5.95. The van der Waals surface area contributed by atoms with E-state index in [1.54, 1.807) is 32.4 Å². The molecule has 5 heteroatoms. The summed E-state index contributed by atoms with van der Waals surface area (Å²) in [5, 5.41) is 12.4. The standard InChI is InChI=1S/C18H18N2O3/c1-12(21)13-7-8-14(10-19)16(9-13)20-11-15-5-4-6-17(22-2)18(15)23-3/h4-9,20H,11H2,1-3H3. The van der Waals surface area contributed by atoms with Gasteiger partial charge in [-0.3, -0.25) is 4.79 Å². The Morgan fingerprint density at radius 1 is 1.22 bits per heavy atom. The molecule has 118 valence electrons. The molecule has 0 aliphatic heterocycles. The van der Waals surface area contributed by atoms with Gasteiger partial charge >= 0.3 is 0 Å². The van der Waals surface area contributed by atoms with Crippen molar-refractivity contribution >= 4 is 11.5 Å². The molecule has 0 spiro atoms. The second kappa shape index (κ2) is 7.32. The molecule has 2 rings (SSSR count). The minimum Gasteiger partial charge on any atom is -0.493 e. The van der Waals surface area contributed by atoms with Crippen molar-refractivity contribution in [2.75, 3.05) is 19.5 Å². The van der Waals surface area contributed by atoms with E-state index in [4.69, 9.17) is 9.47 Å². The van der Waals surface area contributed by atoms with E-state index < -0.39 is 0 Å². The van der Waals surface area contributed by atoms with Crippen LogP contribution in [0.25, 0.3) is 0 Å². The number of ether oxygens (including phenoxy) is 2. The zero-order chi connectivity index (χ0) is 16.8. The number of rotatable bonds is 6. The molecular formula is C18H18N2O3. The van der Waals surface area contributed by atoms with Gasteiger partial charge in [-0.2, -0.15) is 5.26 Å². The number of methoxy groups -OCH3 is 2. The first-order chi connectivity index (χ1) is 11.1. The number of nitrogens with zero attached hydrogens (tertiary/aromatic N) is 1. The maximum atomic E-state index is 11.5. The fourth-order valence-corrected chi connectivity index (χ4v) is 2.29. The van der Waals surface area contributed by atoms with E-state index in [2.05, 4.69) is 11.4 Å². The number of ketones is 1. The lowest BCUT2D eigenvalue weighted by Crippen LogP contribution is -2.05. The Morgan fingerprint density at radius 2 is 2.00 bits per heavy atom. The highest BCUT2D eigenvalue weighted by Gasteiger charge is 2.11. The molecule has 0 bridgehead atoms. The van der Waals surface area contributed by atoms with Gasteiger partial charge in [-0.05, 0) is 31.2 Å². The predicted molar refractivity (Wildman–Crippen MR) is 88.0 cm³/mol. The smallest absolute Gasteiger partial charge is 0.165 e. The first kappa shape index (κ1) is 16.4. The first-order valence-corrected chi connectivity index (χ1v) is 7.09. The SMILES string of the molecule is COc1cccc(CNc2cc(C(C)=O)ccc2C#N)c1OC. The first-order valence-electron chi connectivity index (χ1n) is 7.09. The third kappa shape index (κ3) is 3.61. The van der Waals surface area contributed by atoms with E-state index in [1.807, 2.05) is 18.2 Å². The van der Waals surface area contributed by atoms with Gasteiger partial charge in [-0.1, -0.05) is 12.1 Å². The number of anilines is 1. The fraction of sp³-hybridized carbons (Fsp3) is 0.222. The minimum atomic E-state index is -0.0449. The number of hydrogen-bond acceptors (Lipinski definition) is 5. The summed E-state index contributed by atoms with van der Waals surface area (Å²) < 4.78 is 10.7. The van der Waals surface area contributed by atoms with Gasteiger partial charge in [0.2, 0.25) is 0 Å². The molecule has 0 unspecified atom stereocenters. The number of benzene rings is 2. The Hall–Kier alpha value is -3.00. The summed E-state index contributed by atoms with van der Waals surface area (Å²) in [7, 11) is 3.16. The Labute approximate surface area is 135 Å². The maximum Gasteiger partial charge on any atom is 0.165 e. The minimum absolute atomic E-state index is 0.0449. The monoisotopic (exact) mass is 310 g/mol. The van der Waals surface area contributed by atoms with Crippen molar-refractivity contribution in [3.63, 3.8) is 0 Å². The van der Waals surface area contributed by atoms with Gasteiger partial charge in [-0.25, -0.2) is 0 Å². The molecule has 0 saturated heterocycles. The number of hydrogen-bond donors (Lipinski definition) is 1. The molecular weight excluding hydrogens is 292 g/mol. The number of nitriles is 1. The molecule has 2 aromatic rings. The Kier molecular flexibility index (Phi) is 5.21. The van der Waals surface area contributed by atoms with Crippen LogP contribution in [0.3, 0.4) is 0 Å². The maximum absolute atomic E-state index is 11.5. The van der Waals surface area contributed by atoms with Gasteiger partial charge in [0, 0.05) is 17.7 Å². The highest BCUT2D eigenvalue weighted by Crippen LogP contribution is 2.31. The van der Waals surface area contributed by atoms with Gasteiger partial charge in [0.1, 0.15) is 6.07 Å². The largest absolute Gasteiger partial charge is 0.493 e. The van der Waals surface area contributed by atoms with Crippen LogP contribution in [0.1, 0.15) is 28.4 Å². The van der Waals surface area contributed by atoms with Crippen LogP contribution in [0.2, 0.25) is 0 Å². The van der Waals surface area contributed by atoms with Crippen molar-refractivity contribution in [1.82, 2.24) is 0 Å². The van der Waals surface area contributed by atoms with E-state index in [9.17, 15) is 10.1 Å². The number of nitrogens with one attached hydrogen (secondary N) is 1. The Balaban J connectivity index is 2.29. The summed E-state index contributed by atoms with van der Waals surface area (Å²) >= 11 is 0. The van der Waals surface area contributed by atoms with E-state index in [1.165, 1.54) is 6.92 Å². The molecule has 5 nitrogen and oxygen atoms in total. The second-order valence-corrected chi connectivity index (χ2v) is 4.93. The molecule has 23 heavy (non-hydrogen) atoms. The molecule has 0 fully saturated rings. The van der Waals surface area contributed by atoms with E-state index in [0.29, 0.717) is 34.9 Å². The molecule has 0 aliphatic carbocycles. The second-order valence-electron chi connectivity index (χ2n) is 4.93. The fourth-order valence-electron chi connectivity index (χ4n) is 2.29. The van der Waals surface area contributed by atoms with Gasteiger partial charge in [0.25, 0.3) is 0 Å². The topological polar surface area (TPSA) is 71.3 Å². The number of carbonyl (C=O) groups excluding carboxylic acids is 1. The van der Waals surface area contributed by atoms with Crippen LogP contribution >= 0.6 is 0 Å². The zero-order valence-electron chi connectivity index (χ0n) is 13.3. The van der Waals surface area contributed by atoms with Crippen LogP contribution in [0.5, 0.6) is 11.5 Å². The van der Waals surface area contributed by atoms with E-state index in [0.717, 1.165) is 5.56 Å². The van der Waals surface area contributed by atoms with Crippen molar-refractivity contribution in [3.05, 3.63) is 53.1 Å². The van der Waals surface area contributed by atoms with Crippen molar-refractivity contribution in [3.8, 4) is 17.6 Å². The Bertz CT molecular complexity index is 763. The molecule has 1 N–H and O–H groups in total. The Morgan fingerprint density at radius 3 is 2.61 bits per heavy atom. The van der Waals surface area contributed by atoms with Crippen LogP contribution in [0.4, 0.5) is 5.69 Å². The summed E-state index contributed by atoms with van der Waals surface area (Å²) in [4.78, 5) is 11.5. The molecule has 2 aromatic carbocycles. The number of carbonyl (C=O) groups is 1. The van der Waals surface area contributed by atoms with E-state index >= 15 is 0 Å². The van der Waals surface area contributed by atoms with Crippen molar-refractivity contribution in [1.29, 1.82) is 5.26 Å². The van der Waals surface area contributed by atoms with E-state index in [-0.39, 0.29) is 5.78 Å². The van der Waals surface area contributed by atoms with Crippen molar-refractivity contribution in [2.24, 2.45) is 0 Å². The van der Waals surface area contributed by atoms with Crippen LogP contribution in [-0.2, 0) is 6.54 Å². The lowest BCUT2D eigenvalue weighted by molar-refractivity contribution is 0.101. The zero-order valence-corrected chi connectivity index (χ0v) is 13.3. The lowest BCUT2D eigenvalue weighted by atomic mass is 10.1. The summed E-state index contributed by atoms with van der Waals surface area (Å²) in [5.74, 6) is 1.24. The quantitative estimate of drug-likeness (QED) is 0.828.